The lowest BCUT2D eigenvalue weighted by atomic mass is 9.86. The molecule has 3 aliphatic rings. The number of likely N-dealkylation sites (tertiary alicyclic amines) is 1. The van der Waals surface area contributed by atoms with Gasteiger partial charge in [-0.3, -0.25) is 4.90 Å². The van der Waals surface area contributed by atoms with Gasteiger partial charge in [0, 0.05) is 31.7 Å². The third-order valence-corrected chi connectivity index (χ3v) is 5.18. The molecule has 0 aromatic heterocycles. The standard InChI is InChI=1S/C15H28N2O2/c16-7-4-13-3-1-2-8-17(13)14-5-9-19-15(11-14)6-10-18-12-15/h13-14H,1-12,16H2. The third kappa shape index (κ3) is 2.97. The summed E-state index contributed by atoms with van der Waals surface area (Å²) in [6, 6.07) is 1.40. The molecule has 0 aromatic rings. The van der Waals surface area contributed by atoms with Gasteiger partial charge in [-0.25, -0.2) is 0 Å². The number of ether oxygens (including phenoxy) is 2. The molecule has 0 amide bonds. The molecule has 4 nitrogen and oxygen atoms in total. The minimum Gasteiger partial charge on any atom is -0.378 e. The Balaban J connectivity index is 1.65. The first kappa shape index (κ1) is 13.8. The van der Waals surface area contributed by atoms with E-state index in [1.807, 2.05) is 0 Å². The van der Waals surface area contributed by atoms with Crippen LogP contribution in [0.3, 0.4) is 0 Å². The van der Waals surface area contributed by atoms with E-state index in [-0.39, 0.29) is 5.60 Å². The van der Waals surface area contributed by atoms with E-state index in [1.54, 1.807) is 0 Å². The topological polar surface area (TPSA) is 47.7 Å². The quantitative estimate of drug-likeness (QED) is 0.843. The van der Waals surface area contributed by atoms with E-state index in [1.165, 1.54) is 32.2 Å². The monoisotopic (exact) mass is 268 g/mol. The summed E-state index contributed by atoms with van der Waals surface area (Å²) in [4.78, 5) is 2.75. The molecule has 3 heterocycles. The van der Waals surface area contributed by atoms with E-state index in [0.717, 1.165) is 45.6 Å². The lowest BCUT2D eigenvalue weighted by molar-refractivity contribution is -0.114. The van der Waals surface area contributed by atoms with Gasteiger partial charge in [-0.1, -0.05) is 6.42 Å². The van der Waals surface area contributed by atoms with E-state index in [9.17, 15) is 0 Å². The van der Waals surface area contributed by atoms with Gasteiger partial charge in [0.15, 0.2) is 0 Å². The molecule has 3 fully saturated rings. The van der Waals surface area contributed by atoms with Crippen LogP contribution in [-0.2, 0) is 9.47 Å². The lowest BCUT2D eigenvalue weighted by Crippen LogP contribution is -2.54. The Kier molecular flexibility index (Phi) is 4.42. The van der Waals surface area contributed by atoms with Crippen molar-refractivity contribution in [3.63, 3.8) is 0 Å². The van der Waals surface area contributed by atoms with Crippen molar-refractivity contribution in [1.82, 2.24) is 4.90 Å². The number of rotatable bonds is 3. The molecule has 110 valence electrons. The summed E-state index contributed by atoms with van der Waals surface area (Å²) >= 11 is 0. The van der Waals surface area contributed by atoms with Crippen LogP contribution in [0.4, 0.5) is 0 Å². The van der Waals surface area contributed by atoms with Crippen molar-refractivity contribution in [3.05, 3.63) is 0 Å². The highest BCUT2D eigenvalue weighted by atomic mass is 16.6. The Morgan fingerprint density at radius 2 is 2.16 bits per heavy atom. The number of hydrogen-bond acceptors (Lipinski definition) is 4. The fourth-order valence-corrected chi connectivity index (χ4v) is 4.15. The number of piperidine rings is 1. The third-order valence-electron chi connectivity index (χ3n) is 5.18. The minimum absolute atomic E-state index is 0.0353. The largest absolute Gasteiger partial charge is 0.378 e. The normalized spacial score (nSPS) is 40.9. The van der Waals surface area contributed by atoms with Gasteiger partial charge in [-0.2, -0.15) is 0 Å². The molecule has 0 bridgehead atoms. The van der Waals surface area contributed by atoms with Gasteiger partial charge in [-0.05, 0) is 45.2 Å². The van der Waals surface area contributed by atoms with Crippen molar-refractivity contribution < 1.29 is 9.47 Å². The molecular formula is C15H28N2O2. The summed E-state index contributed by atoms with van der Waals surface area (Å²) in [5.41, 5.74) is 5.83. The second-order valence-corrected chi connectivity index (χ2v) is 6.45. The van der Waals surface area contributed by atoms with Crippen LogP contribution in [0.1, 0.15) is 44.9 Å². The second kappa shape index (κ2) is 6.08. The Bertz CT molecular complexity index is 290. The van der Waals surface area contributed by atoms with Crippen LogP contribution in [0, 0.1) is 0 Å². The van der Waals surface area contributed by atoms with Gasteiger partial charge in [0.2, 0.25) is 0 Å². The van der Waals surface area contributed by atoms with Crippen molar-refractivity contribution in [2.24, 2.45) is 5.73 Å². The maximum absolute atomic E-state index is 6.07. The Morgan fingerprint density at radius 3 is 2.95 bits per heavy atom. The van der Waals surface area contributed by atoms with Crippen LogP contribution in [0.25, 0.3) is 0 Å². The SMILES string of the molecule is NCCC1CCCCN1C1CCOC2(CCOC2)C1. The molecule has 19 heavy (non-hydrogen) atoms. The van der Waals surface area contributed by atoms with Crippen LogP contribution in [-0.4, -0.2) is 55.5 Å². The maximum Gasteiger partial charge on any atom is 0.0951 e. The van der Waals surface area contributed by atoms with E-state index in [0.29, 0.717) is 12.1 Å². The van der Waals surface area contributed by atoms with Crippen molar-refractivity contribution in [2.45, 2.75) is 62.6 Å². The van der Waals surface area contributed by atoms with Crippen LogP contribution in [0.15, 0.2) is 0 Å². The molecule has 3 atom stereocenters. The highest BCUT2D eigenvalue weighted by Crippen LogP contribution is 2.36. The fourth-order valence-electron chi connectivity index (χ4n) is 4.15. The summed E-state index contributed by atoms with van der Waals surface area (Å²) in [5.74, 6) is 0. The van der Waals surface area contributed by atoms with E-state index in [2.05, 4.69) is 4.90 Å². The average Bonchev–Trinajstić information content (AvgIpc) is 2.88. The zero-order chi connectivity index (χ0) is 13.1. The van der Waals surface area contributed by atoms with Gasteiger partial charge in [-0.15, -0.1) is 0 Å². The van der Waals surface area contributed by atoms with E-state index < -0.39 is 0 Å². The number of nitrogens with two attached hydrogens (primary N) is 1. The predicted octanol–water partition coefficient (Wildman–Crippen LogP) is 1.53. The van der Waals surface area contributed by atoms with Crippen molar-refractivity contribution in [3.8, 4) is 0 Å². The highest BCUT2D eigenvalue weighted by Gasteiger charge is 2.43. The molecule has 3 saturated heterocycles. The summed E-state index contributed by atoms with van der Waals surface area (Å²) in [6.45, 7) is 4.66. The molecule has 4 heteroatoms. The molecule has 1 spiro atoms. The molecule has 0 saturated carbocycles. The molecule has 0 aliphatic carbocycles. The first-order valence-electron chi connectivity index (χ1n) is 8.00. The van der Waals surface area contributed by atoms with Crippen molar-refractivity contribution in [2.75, 3.05) is 32.9 Å². The summed E-state index contributed by atoms with van der Waals surface area (Å²) < 4.78 is 11.7. The summed E-state index contributed by atoms with van der Waals surface area (Å²) in [6.07, 6.45) is 8.63. The molecule has 3 rings (SSSR count). The number of hydrogen-bond donors (Lipinski definition) is 1. The lowest BCUT2D eigenvalue weighted by Gasteiger charge is -2.47. The van der Waals surface area contributed by atoms with Crippen LogP contribution < -0.4 is 5.73 Å². The van der Waals surface area contributed by atoms with Gasteiger partial charge in [0.25, 0.3) is 0 Å². The van der Waals surface area contributed by atoms with Crippen molar-refractivity contribution >= 4 is 0 Å². The number of nitrogens with zero attached hydrogens (tertiary/aromatic N) is 1. The molecule has 3 unspecified atom stereocenters. The van der Waals surface area contributed by atoms with Crippen molar-refractivity contribution in [1.29, 1.82) is 0 Å². The first-order valence-corrected chi connectivity index (χ1v) is 8.00. The molecule has 0 radical (unpaired) electrons. The van der Waals surface area contributed by atoms with E-state index in [4.69, 9.17) is 15.2 Å². The van der Waals surface area contributed by atoms with Gasteiger partial charge in [0.1, 0.15) is 0 Å². The Labute approximate surface area is 116 Å². The predicted molar refractivity (Wildman–Crippen MR) is 75.2 cm³/mol. The minimum atomic E-state index is 0.0353. The van der Waals surface area contributed by atoms with Crippen LogP contribution in [0.2, 0.25) is 0 Å². The van der Waals surface area contributed by atoms with Crippen LogP contribution >= 0.6 is 0 Å². The smallest absolute Gasteiger partial charge is 0.0951 e. The average molecular weight is 268 g/mol. The molecule has 3 aliphatic heterocycles. The molecule has 2 N–H and O–H groups in total. The van der Waals surface area contributed by atoms with Crippen LogP contribution in [0.5, 0.6) is 0 Å². The highest BCUT2D eigenvalue weighted by molar-refractivity contribution is 4.95. The first-order chi connectivity index (χ1) is 9.33. The zero-order valence-corrected chi connectivity index (χ0v) is 12.0. The van der Waals surface area contributed by atoms with Gasteiger partial charge >= 0.3 is 0 Å². The van der Waals surface area contributed by atoms with Gasteiger partial charge < -0.3 is 15.2 Å². The Morgan fingerprint density at radius 1 is 1.21 bits per heavy atom. The Hall–Kier alpha value is -0.160. The maximum atomic E-state index is 6.07. The second-order valence-electron chi connectivity index (χ2n) is 6.45. The van der Waals surface area contributed by atoms with Gasteiger partial charge in [0.05, 0.1) is 12.2 Å². The molecule has 0 aromatic carbocycles. The summed E-state index contributed by atoms with van der Waals surface area (Å²) in [5, 5.41) is 0. The molecular weight excluding hydrogens is 240 g/mol. The van der Waals surface area contributed by atoms with E-state index >= 15 is 0 Å². The summed E-state index contributed by atoms with van der Waals surface area (Å²) in [7, 11) is 0. The fraction of sp³-hybridized carbons (Fsp3) is 1.00. The zero-order valence-electron chi connectivity index (χ0n) is 12.0.